The van der Waals surface area contributed by atoms with E-state index in [9.17, 15) is 13.2 Å². The number of amides is 1. The van der Waals surface area contributed by atoms with Gasteiger partial charge in [-0.3, -0.25) is 0 Å². The Hall–Kier alpha value is -2.60. The number of aryl methyl sites for hydroxylation is 2. The Kier molecular flexibility index (Phi) is 6.77. The molecule has 132 valence electrons. The van der Waals surface area contributed by atoms with E-state index in [4.69, 9.17) is 4.74 Å². The third kappa shape index (κ3) is 6.43. The zero-order chi connectivity index (χ0) is 18.1. The van der Waals surface area contributed by atoms with E-state index in [1.54, 1.807) is 18.2 Å². The van der Waals surface area contributed by atoms with Crippen molar-refractivity contribution < 1.29 is 17.9 Å². The molecule has 0 saturated carbocycles. The summed E-state index contributed by atoms with van der Waals surface area (Å²) in [7, 11) is -3.91. The van der Waals surface area contributed by atoms with Crippen LogP contribution in [0.3, 0.4) is 0 Å². The van der Waals surface area contributed by atoms with Crippen LogP contribution in [0.1, 0.15) is 17.5 Å². The van der Waals surface area contributed by atoms with Crippen LogP contribution in [0.15, 0.2) is 71.6 Å². The molecule has 6 heteroatoms. The second kappa shape index (κ2) is 9.03. The van der Waals surface area contributed by atoms with E-state index in [1.807, 2.05) is 48.1 Å². The first-order chi connectivity index (χ1) is 12.0. The molecule has 0 spiro atoms. The highest BCUT2D eigenvalue weighted by molar-refractivity contribution is 7.90. The Morgan fingerprint density at radius 2 is 1.72 bits per heavy atom. The Morgan fingerprint density at radius 3 is 2.40 bits per heavy atom. The fourth-order valence-corrected chi connectivity index (χ4v) is 3.01. The summed E-state index contributed by atoms with van der Waals surface area (Å²) in [5.74, 6) is 0. The summed E-state index contributed by atoms with van der Waals surface area (Å²) in [6, 6.07) is 16.2. The summed E-state index contributed by atoms with van der Waals surface area (Å²) < 4.78 is 30.8. The highest BCUT2D eigenvalue weighted by Crippen LogP contribution is 2.10. The van der Waals surface area contributed by atoms with Crippen molar-refractivity contribution in [1.82, 2.24) is 4.72 Å². The minimum Gasteiger partial charge on any atom is -0.445 e. The number of hydrogen-bond donors (Lipinski definition) is 1. The van der Waals surface area contributed by atoms with E-state index >= 15 is 0 Å². The maximum atomic E-state index is 12.0. The molecule has 0 aliphatic heterocycles. The fourth-order valence-electron chi connectivity index (χ4n) is 2.12. The topological polar surface area (TPSA) is 72.5 Å². The molecule has 1 amide bonds. The van der Waals surface area contributed by atoms with Crippen LogP contribution in [0.4, 0.5) is 4.79 Å². The molecule has 0 radical (unpaired) electrons. The molecule has 2 aromatic rings. The van der Waals surface area contributed by atoms with Crippen molar-refractivity contribution in [2.75, 3.05) is 6.61 Å². The molecule has 0 heterocycles. The number of allylic oxidation sites excluding steroid dienone is 1. The number of rotatable bonds is 7. The quantitative estimate of drug-likeness (QED) is 0.767. The van der Waals surface area contributed by atoms with Crippen molar-refractivity contribution in [2.45, 2.75) is 24.7 Å². The van der Waals surface area contributed by atoms with Crippen molar-refractivity contribution in [3.8, 4) is 0 Å². The monoisotopic (exact) mass is 359 g/mol. The van der Waals surface area contributed by atoms with Gasteiger partial charge in [0.15, 0.2) is 0 Å². The van der Waals surface area contributed by atoms with Gasteiger partial charge in [-0.2, -0.15) is 0 Å². The highest BCUT2D eigenvalue weighted by atomic mass is 32.2. The molecule has 0 fully saturated rings. The maximum Gasteiger partial charge on any atom is 0.421 e. The third-order valence-corrected chi connectivity index (χ3v) is 4.80. The maximum absolute atomic E-state index is 12.0. The molecule has 2 aromatic carbocycles. The van der Waals surface area contributed by atoms with Gasteiger partial charge in [-0.15, -0.1) is 0 Å². The lowest BCUT2D eigenvalue weighted by Gasteiger charge is -2.07. The molecule has 0 bridgehead atoms. The first-order valence-electron chi connectivity index (χ1n) is 7.92. The summed E-state index contributed by atoms with van der Waals surface area (Å²) in [6.45, 7) is 1.87. The van der Waals surface area contributed by atoms with Crippen molar-refractivity contribution in [1.29, 1.82) is 0 Å². The molecule has 0 aliphatic rings. The summed E-state index contributed by atoms with van der Waals surface area (Å²) in [5.41, 5.74) is 2.16. The van der Waals surface area contributed by atoms with E-state index in [1.165, 1.54) is 17.7 Å². The van der Waals surface area contributed by atoms with Gasteiger partial charge >= 0.3 is 6.09 Å². The van der Waals surface area contributed by atoms with Crippen LogP contribution in [-0.2, 0) is 21.2 Å². The molecule has 5 nitrogen and oxygen atoms in total. The number of carbonyl (C=O) groups excluding carboxylic acids is 1. The molecule has 0 aliphatic carbocycles. The van der Waals surface area contributed by atoms with Crippen LogP contribution in [0, 0.1) is 6.92 Å². The smallest absolute Gasteiger partial charge is 0.421 e. The van der Waals surface area contributed by atoms with Crippen molar-refractivity contribution >= 4 is 16.1 Å². The minimum absolute atomic E-state index is 0.0179. The van der Waals surface area contributed by atoms with Crippen LogP contribution in [0.5, 0.6) is 0 Å². The SMILES string of the molecule is Cc1ccc(S(=O)(=O)NC(=O)OC/C=C\CCc2ccccc2)cc1. The van der Waals surface area contributed by atoms with E-state index in [2.05, 4.69) is 0 Å². The van der Waals surface area contributed by atoms with Gasteiger partial charge in [0, 0.05) is 0 Å². The fraction of sp³-hybridized carbons (Fsp3) is 0.211. The van der Waals surface area contributed by atoms with Crippen LogP contribution < -0.4 is 4.72 Å². The number of benzene rings is 2. The van der Waals surface area contributed by atoms with Crippen molar-refractivity contribution in [2.24, 2.45) is 0 Å². The Morgan fingerprint density at radius 1 is 1.04 bits per heavy atom. The van der Waals surface area contributed by atoms with Gasteiger partial charge < -0.3 is 4.74 Å². The zero-order valence-electron chi connectivity index (χ0n) is 14.0. The number of nitrogens with one attached hydrogen (secondary N) is 1. The minimum atomic E-state index is -3.91. The zero-order valence-corrected chi connectivity index (χ0v) is 14.8. The Labute approximate surface area is 148 Å². The molecule has 0 saturated heterocycles. The van der Waals surface area contributed by atoms with Crippen LogP contribution in [-0.4, -0.2) is 21.1 Å². The van der Waals surface area contributed by atoms with Gasteiger partial charge in [-0.25, -0.2) is 17.9 Å². The second-order valence-electron chi connectivity index (χ2n) is 5.51. The van der Waals surface area contributed by atoms with E-state index < -0.39 is 16.1 Å². The molecule has 0 atom stereocenters. The lowest BCUT2D eigenvalue weighted by Crippen LogP contribution is -2.31. The molecular weight excluding hydrogens is 338 g/mol. The third-order valence-electron chi connectivity index (χ3n) is 3.47. The van der Waals surface area contributed by atoms with Crippen molar-refractivity contribution in [3.63, 3.8) is 0 Å². The van der Waals surface area contributed by atoms with E-state index in [0.29, 0.717) is 0 Å². The molecule has 0 aromatic heterocycles. The van der Waals surface area contributed by atoms with Gasteiger partial charge in [0.1, 0.15) is 6.61 Å². The van der Waals surface area contributed by atoms with E-state index in [0.717, 1.165) is 18.4 Å². The first kappa shape index (κ1) is 18.7. The average molecular weight is 359 g/mol. The van der Waals surface area contributed by atoms with Gasteiger partial charge in [0.2, 0.25) is 0 Å². The number of carbonyl (C=O) groups is 1. The molecular formula is C19H21NO4S. The second-order valence-corrected chi connectivity index (χ2v) is 7.20. The Balaban J connectivity index is 1.73. The lowest BCUT2D eigenvalue weighted by molar-refractivity contribution is 0.165. The normalized spacial score (nSPS) is 11.4. The summed E-state index contributed by atoms with van der Waals surface area (Å²) in [5, 5.41) is 0. The summed E-state index contributed by atoms with van der Waals surface area (Å²) in [6.07, 6.45) is 4.31. The predicted molar refractivity (Wildman–Crippen MR) is 96.8 cm³/mol. The highest BCUT2D eigenvalue weighted by Gasteiger charge is 2.17. The van der Waals surface area contributed by atoms with Crippen LogP contribution >= 0.6 is 0 Å². The molecule has 0 unspecified atom stereocenters. The van der Waals surface area contributed by atoms with Gasteiger partial charge in [-0.1, -0.05) is 60.2 Å². The first-order valence-corrected chi connectivity index (χ1v) is 9.41. The van der Waals surface area contributed by atoms with E-state index in [-0.39, 0.29) is 11.5 Å². The van der Waals surface area contributed by atoms with Crippen molar-refractivity contribution in [3.05, 3.63) is 77.9 Å². The number of ether oxygens (including phenoxy) is 1. The van der Waals surface area contributed by atoms with Crippen LogP contribution in [0.2, 0.25) is 0 Å². The van der Waals surface area contributed by atoms with Crippen LogP contribution in [0.25, 0.3) is 0 Å². The number of sulfonamides is 1. The molecule has 2 rings (SSSR count). The largest absolute Gasteiger partial charge is 0.445 e. The van der Waals surface area contributed by atoms with Gasteiger partial charge in [-0.05, 0) is 37.5 Å². The Bertz CT molecular complexity index is 812. The number of hydrogen-bond acceptors (Lipinski definition) is 4. The summed E-state index contributed by atoms with van der Waals surface area (Å²) >= 11 is 0. The lowest BCUT2D eigenvalue weighted by atomic mass is 10.1. The predicted octanol–water partition coefficient (Wildman–Crippen LogP) is 3.60. The van der Waals surface area contributed by atoms with Gasteiger partial charge in [0.05, 0.1) is 4.90 Å². The molecule has 25 heavy (non-hydrogen) atoms. The summed E-state index contributed by atoms with van der Waals surface area (Å²) in [4.78, 5) is 11.6. The average Bonchev–Trinajstić information content (AvgIpc) is 2.59. The molecule has 1 N–H and O–H groups in total. The standard InChI is InChI=1S/C19H21NO4S/c1-16-11-13-18(14-12-16)25(22,23)20-19(21)24-15-7-3-6-10-17-8-4-2-5-9-17/h2-5,7-9,11-14H,6,10,15H2,1H3,(H,20,21)/b7-3-. The van der Waals surface area contributed by atoms with Gasteiger partial charge in [0.25, 0.3) is 10.0 Å².